The van der Waals surface area contributed by atoms with Crippen molar-refractivity contribution in [2.75, 3.05) is 26.3 Å². The van der Waals surface area contributed by atoms with Crippen LogP contribution in [0.5, 0.6) is 0 Å². The average Bonchev–Trinajstić information content (AvgIpc) is 3.13. The zero-order valence-corrected chi connectivity index (χ0v) is 15.1. The lowest BCUT2D eigenvalue weighted by Crippen LogP contribution is -2.43. The van der Waals surface area contributed by atoms with Crippen molar-refractivity contribution in [3.8, 4) is 0 Å². The first-order valence-corrected chi connectivity index (χ1v) is 9.25. The molecule has 0 spiro atoms. The van der Waals surface area contributed by atoms with Crippen molar-refractivity contribution in [3.63, 3.8) is 0 Å². The van der Waals surface area contributed by atoms with Crippen LogP contribution in [-0.4, -0.2) is 51.5 Å². The lowest BCUT2D eigenvalue weighted by atomic mass is 10.3. The molecule has 1 saturated heterocycles. The molecule has 0 radical (unpaired) electrons. The summed E-state index contributed by atoms with van der Waals surface area (Å²) in [5.74, 6) is -0.0930. The van der Waals surface area contributed by atoms with Crippen LogP contribution in [-0.2, 0) is 22.6 Å². The van der Waals surface area contributed by atoms with Crippen LogP contribution in [0.25, 0.3) is 21.1 Å². The van der Waals surface area contributed by atoms with Gasteiger partial charge >= 0.3 is 0 Å². The summed E-state index contributed by atoms with van der Waals surface area (Å²) in [5.41, 5.74) is 1.49. The van der Waals surface area contributed by atoms with E-state index in [2.05, 4.69) is 18.1 Å². The molecule has 0 aliphatic carbocycles. The number of thiophene rings is 1. The van der Waals surface area contributed by atoms with Gasteiger partial charge in [0.1, 0.15) is 12.1 Å². The zero-order valence-electron chi connectivity index (χ0n) is 14.3. The van der Waals surface area contributed by atoms with Gasteiger partial charge < -0.3 is 14.2 Å². The van der Waals surface area contributed by atoms with Gasteiger partial charge in [-0.1, -0.05) is 0 Å². The Balaban J connectivity index is 1.77. The lowest BCUT2D eigenvalue weighted by molar-refractivity contribution is -0.136. The van der Waals surface area contributed by atoms with Crippen LogP contribution in [0.3, 0.4) is 0 Å². The summed E-state index contributed by atoms with van der Waals surface area (Å²) >= 11 is 1.67. The molecule has 0 saturated carbocycles. The second kappa shape index (κ2) is 6.27. The number of carbonyl (C=O) groups is 1. The molecule has 3 aromatic rings. The Kier molecular flexibility index (Phi) is 4.09. The first-order valence-electron chi connectivity index (χ1n) is 8.44. The number of fused-ring (bicyclic) bond motifs is 3. The average molecular weight is 360 g/mol. The molecule has 1 fully saturated rings. The number of hydrogen-bond donors (Lipinski definition) is 0. The van der Waals surface area contributed by atoms with E-state index in [1.54, 1.807) is 22.4 Å². The Morgan fingerprint density at radius 1 is 1.36 bits per heavy atom. The minimum Gasteiger partial charge on any atom is -0.378 e. The Labute approximate surface area is 148 Å². The van der Waals surface area contributed by atoms with Crippen LogP contribution in [0.4, 0.5) is 0 Å². The van der Waals surface area contributed by atoms with Crippen LogP contribution in [0, 0.1) is 6.92 Å². The molecule has 1 amide bonds. The van der Waals surface area contributed by atoms with Crippen LogP contribution in [0.15, 0.2) is 17.1 Å². The van der Waals surface area contributed by atoms with Crippen molar-refractivity contribution in [1.29, 1.82) is 0 Å². The molecule has 1 aliphatic rings. The van der Waals surface area contributed by atoms with Gasteiger partial charge in [0.05, 0.1) is 29.6 Å². The number of ether oxygens (including phenoxy) is 1. The monoisotopic (exact) mass is 360 g/mol. The molecule has 0 aromatic carbocycles. The van der Waals surface area contributed by atoms with Crippen molar-refractivity contribution < 1.29 is 9.53 Å². The summed E-state index contributed by atoms with van der Waals surface area (Å²) in [6.45, 7) is 6.97. The summed E-state index contributed by atoms with van der Waals surface area (Å²) in [6, 6.07) is 2.10. The van der Waals surface area contributed by atoms with Gasteiger partial charge in [0, 0.05) is 29.9 Å². The van der Waals surface area contributed by atoms with E-state index < -0.39 is 0 Å². The minimum atomic E-state index is -0.206. The van der Waals surface area contributed by atoms with E-state index in [0.717, 1.165) is 15.6 Å². The normalized spacial score (nSPS) is 15.4. The fourth-order valence-corrected chi connectivity index (χ4v) is 4.43. The number of morpholine rings is 1. The number of aromatic nitrogens is 3. The molecule has 1 aliphatic heterocycles. The maximum Gasteiger partial charge on any atom is 0.291 e. The smallest absolute Gasteiger partial charge is 0.291 e. The SMILES string of the molecule is CCn1c2cc(C)sc2c2cnn(CC(=O)N3CCOCC3)c(=O)c21. The quantitative estimate of drug-likeness (QED) is 0.711. The number of aryl methyl sites for hydroxylation is 2. The standard InChI is InChI=1S/C17H20N4O3S/c1-3-20-13-8-11(2)25-16(13)12-9-18-21(17(23)15(12)20)10-14(22)19-4-6-24-7-5-19/h8-9H,3-7,10H2,1-2H3. The Bertz CT molecular complexity index is 1010. The molecule has 0 atom stereocenters. The maximum absolute atomic E-state index is 13.0. The van der Waals surface area contributed by atoms with Crippen LogP contribution >= 0.6 is 11.3 Å². The molecule has 0 unspecified atom stereocenters. The van der Waals surface area contributed by atoms with Crippen molar-refractivity contribution in [1.82, 2.24) is 19.2 Å². The topological polar surface area (TPSA) is 69.4 Å². The molecule has 132 valence electrons. The molecule has 7 nitrogen and oxygen atoms in total. The van der Waals surface area contributed by atoms with E-state index in [0.29, 0.717) is 38.4 Å². The number of carbonyl (C=O) groups excluding carboxylic acids is 1. The van der Waals surface area contributed by atoms with Gasteiger partial charge in [-0.05, 0) is 19.9 Å². The third-order valence-corrected chi connectivity index (χ3v) is 5.70. The fourth-order valence-electron chi connectivity index (χ4n) is 3.40. The van der Waals surface area contributed by atoms with Gasteiger partial charge in [-0.15, -0.1) is 11.3 Å². The molecule has 0 bridgehead atoms. The van der Waals surface area contributed by atoms with E-state index in [1.807, 2.05) is 11.5 Å². The maximum atomic E-state index is 13.0. The van der Waals surface area contributed by atoms with E-state index in [1.165, 1.54) is 9.56 Å². The van der Waals surface area contributed by atoms with Gasteiger partial charge in [0.2, 0.25) is 5.91 Å². The number of nitrogens with zero attached hydrogens (tertiary/aromatic N) is 4. The van der Waals surface area contributed by atoms with Crippen molar-refractivity contribution in [3.05, 3.63) is 27.5 Å². The van der Waals surface area contributed by atoms with Crippen LogP contribution in [0.1, 0.15) is 11.8 Å². The number of hydrogen-bond acceptors (Lipinski definition) is 5. The first kappa shape index (κ1) is 16.3. The molecule has 0 N–H and O–H groups in total. The molecular formula is C17H20N4O3S. The predicted molar refractivity (Wildman–Crippen MR) is 97.2 cm³/mol. The third kappa shape index (κ3) is 2.65. The lowest BCUT2D eigenvalue weighted by Gasteiger charge is -2.26. The highest BCUT2D eigenvalue weighted by Gasteiger charge is 2.21. The van der Waals surface area contributed by atoms with Gasteiger partial charge in [0.15, 0.2) is 0 Å². The Morgan fingerprint density at radius 3 is 2.84 bits per heavy atom. The van der Waals surface area contributed by atoms with Gasteiger partial charge in [-0.25, -0.2) is 4.68 Å². The zero-order chi connectivity index (χ0) is 17.6. The fraction of sp³-hybridized carbons (Fsp3) is 0.471. The Morgan fingerprint density at radius 2 is 2.12 bits per heavy atom. The molecule has 25 heavy (non-hydrogen) atoms. The predicted octanol–water partition coefficient (Wildman–Crippen LogP) is 1.60. The Hall–Kier alpha value is -2.19. The minimum absolute atomic E-state index is 0.0314. The summed E-state index contributed by atoms with van der Waals surface area (Å²) in [6.07, 6.45) is 1.72. The van der Waals surface area contributed by atoms with Crippen molar-refractivity contribution in [2.24, 2.45) is 0 Å². The molecule has 8 heteroatoms. The second-order valence-electron chi connectivity index (χ2n) is 6.18. The summed E-state index contributed by atoms with van der Waals surface area (Å²) in [4.78, 5) is 28.3. The number of amides is 1. The molecule has 4 heterocycles. The van der Waals surface area contributed by atoms with Gasteiger partial charge in [-0.2, -0.15) is 5.10 Å². The van der Waals surface area contributed by atoms with E-state index in [9.17, 15) is 9.59 Å². The highest BCUT2D eigenvalue weighted by Crippen LogP contribution is 2.33. The van der Waals surface area contributed by atoms with Crippen LogP contribution < -0.4 is 5.56 Å². The second-order valence-corrected chi connectivity index (χ2v) is 7.43. The first-order chi connectivity index (χ1) is 12.1. The van der Waals surface area contributed by atoms with Crippen LogP contribution in [0.2, 0.25) is 0 Å². The summed E-state index contributed by atoms with van der Waals surface area (Å²) < 4.78 is 9.66. The molecule has 4 rings (SSSR count). The van der Waals surface area contributed by atoms with Crippen molar-refractivity contribution >= 4 is 38.4 Å². The highest BCUT2D eigenvalue weighted by molar-refractivity contribution is 7.20. The third-order valence-electron chi connectivity index (χ3n) is 4.62. The van der Waals surface area contributed by atoms with Gasteiger partial charge in [0.25, 0.3) is 5.56 Å². The van der Waals surface area contributed by atoms with Gasteiger partial charge in [-0.3, -0.25) is 9.59 Å². The molecule has 3 aromatic heterocycles. The highest BCUT2D eigenvalue weighted by atomic mass is 32.1. The van der Waals surface area contributed by atoms with E-state index >= 15 is 0 Å². The summed E-state index contributed by atoms with van der Waals surface area (Å²) in [7, 11) is 0. The van der Waals surface area contributed by atoms with E-state index in [-0.39, 0.29) is 18.0 Å². The van der Waals surface area contributed by atoms with E-state index in [4.69, 9.17) is 4.74 Å². The number of rotatable bonds is 3. The largest absolute Gasteiger partial charge is 0.378 e. The summed E-state index contributed by atoms with van der Waals surface area (Å²) in [5, 5.41) is 5.14. The molecular weight excluding hydrogens is 340 g/mol. The van der Waals surface area contributed by atoms with Crippen molar-refractivity contribution in [2.45, 2.75) is 26.9 Å².